The summed E-state index contributed by atoms with van der Waals surface area (Å²) in [6.45, 7) is 0. The predicted molar refractivity (Wildman–Crippen MR) is 16.7 cm³/mol. The van der Waals surface area contributed by atoms with Crippen molar-refractivity contribution in [2.75, 3.05) is 0 Å². The molecule has 0 saturated heterocycles. The van der Waals surface area contributed by atoms with Gasteiger partial charge in [-0.05, 0) is 0 Å². The van der Waals surface area contributed by atoms with E-state index in [0.29, 0.717) is 2.64 Å². The second kappa shape index (κ2) is 2.43. The standard InChI is InChI=1S/CCl2.Au/c2-1-3;. The van der Waals surface area contributed by atoms with E-state index in [4.69, 9.17) is 23.2 Å². The van der Waals surface area contributed by atoms with Gasteiger partial charge in [-0.25, -0.2) is 0 Å². The number of rotatable bonds is 0. The SMILES string of the molecule is Cl[C](Cl)=[Au]. The maximum atomic E-state index is 4.93. The van der Waals surface area contributed by atoms with E-state index < -0.39 is 0 Å². The van der Waals surface area contributed by atoms with Gasteiger partial charge in [0.25, 0.3) is 0 Å². The molecule has 29 valence electrons. The van der Waals surface area contributed by atoms with Gasteiger partial charge in [0.05, 0.1) is 0 Å². The van der Waals surface area contributed by atoms with Crippen LogP contribution in [-0.4, -0.2) is 2.64 Å². The van der Waals surface area contributed by atoms with Crippen molar-refractivity contribution in [3.63, 3.8) is 0 Å². The molecule has 0 saturated carbocycles. The molecule has 0 bridgehead atoms. The van der Waals surface area contributed by atoms with E-state index in [1.54, 1.807) is 0 Å². The average molecular weight is 280 g/mol. The fraction of sp³-hybridized carbons (Fsp3) is 0. The van der Waals surface area contributed by atoms with Crippen molar-refractivity contribution >= 4 is 25.8 Å². The molecule has 0 heterocycles. The second-order valence-corrected chi connectivity index (χ2v) is 3.44. The van der Waals surface area contributed by atoms with Crippen LogP contribution >= 0.6 is 23.2 Å². The Morgan fingerprint density at radius 1 is 1.50 bits per heavy atom. The summed E-state index contributed by atoms with van der Waals surface area (Å²) in [7, 11) is 0. The maximum absolute atomic E-state index is 4.93. The second-order valence-electron chi connectivity index (χ2n) is 0.185. The van der Waals surface area contributed by atoms with Gasteiger partial charge in [-0.15, -0.1) is 0 Å². The van der Waals surface area contributed by atoms with Crippen LogP contribution in [0.15, 0.2) is 0 Å². The Morgan fingerprint density at radius 3 is 1.50 bits per heavy atom. The number of hydrogen-bond acceptors (Lipinski definition) is 0. The Bertz CT molecular complexity index is 29.0. The molecule has 0 rings (SSSR count). The topological polar surface area (TPSA) is 0 Å². The first-order valence-electron chi connectivity index (χ1n) is 0.529. The third-order valence-electron chi connectivity index (χ3n) is 0. The normalized spacial score (nSPS) is 7.00. The van der Waals surface area contributed by atoms with E-state index in [1.807, 2.05) is 20.6 Å². The van der Waals surface area contributed by atoms with E-state index in [1.165, 1.54) is 0 Å². The first-order chi connectivity index (χ1) is 1.73. The Labute approximate surface area is 46.5 Å². The van der Waals surface area contributed by atoms with Crippen molar-refractivity contribution in [3.05, 3.63) is 0 Å². The van der Waals surface area contributed by atoms with Crippen LogP contribution < -0.4 is 0 Å². The van der Waals surface area contributed by atoms with Gasteiger partial charge in [-0.1, -0.05) is 0 Å². The summed E-state index contributed by atoms with van der Waals surface area (Å²) in [6, 6.07) is 0. The van der Waals surface area contributed by atoms with Crippen LogP contribution in [0.5, 0.6) is 0 Å². The van der Waals surface area contributed by atoms with Gasteiger partial charge in [0, 0.05) is 0 Å². The number of hydrogen-bond donors (Lipinski definition) is 0. The van der Waals surface area contributed by atoms with Gasteiger partial charge in [-0.2, -0.15) is 0 Å². The Hall–Kier alpha value is 1.19. The third-order valence-corrected chi connectivity index (χ3v) is 0. The van der Waals surface area contributed by atoms with Crippen LogP contribution in [0, 0.1) is 0 Å². The van der Waals surface area contributed by atoms with E-state index in [9.17, 15) is 0 Å². The fourth-order valence-corrected chi connectivity index (χ4v) is 0. The van der Waals surface area contributed by atoms with Gasteiger partial charge in [0.1, 0.15) is 0 Å². The predicted octanol–water partition coefficient (Wildman–Crippen LogP) is 1.10. The molecule has 0 radical (unpaired) electrons. The van der Waals surface area contributed by atoms with Gasteiger partial charge in [0.2, 0.25) is 0 Å². The first-order valence-corrected chi connectivity index (χ1v) is 2.37. The third kappa shape index (κ3) is 10.8. The van der Waals surface area contributed by atoms with Crippen molar-refractivity contribution < 1.29 is 20.6 Å². The van der Waals surface area contributed by atoms with Crippen LogP contribution in [0.3, 0.4) is 0 Å². The van der Waals surface area contributed by atoms with Crippen LogP contribution in [0.4, 0.5) is 0 Å². The van der Waals surface area contributed by atoms with E-state index in [-0.39, 0.29) is 0 Å². The fourth-order valence-electron chi connectivity index (χ4n) is 0. The summed E-state index contributed by atoms with van der Waals surface area (Å²) in [5.41, 5.74) is 0. The van der Waals surface area contributed by atoms with E-state index in [2.05, 4.69) is 0 Å². The van der Waals surface area contributed by atoms with Crippen molar-refractivity contribution in [2.45, 2.75) is 0 Å². The summed E-state index contributed by atoms with van der Waals surface area (Å²) in [6.07, 6.45) is 0. The van der Waals surface area contributed by atoms with E-state index in [0.717, 1.165) is 0 Å². The summed E-state index contributed by atoms with van der Waals surface area (Å²) in [4.78, 5) is 0. The number of halogens is 2. The molecule has 3 heteroatoms. The zero-order chi connectivity index (χ0) is 3.58. The Kier molecular flexibility index (Phi) is 3.15. The molecule has 0 amide bonds. The zero-order valence-electron chi connectivity index (χ0n) is 1.56. The zero-order valence-corrected chi connectivity index (χ0v) is 5.24. The van der Waals surface area contributed by atoms with Gasteiger partial charge < -0.3 is 0 Å². The van der Waals surface area contributed by atoms with Crippen LogP contribution in [0.1, 0.15) is 0 Å². The van der Waals surface area contributed by atoms with Crippen molar-refractivity contribution in [3.8, 4) is 0 Å². The quantitative estimate of drug-likeness (QED) is 0.583. The molecule has 0 aromatic heterocycles. The van der Waals surface area contributed by atoms with Gasteiger partial charge in [-0.3, -0.25) is 0 Å². The molecule has 0 aliphatic rings. The van der Waals surface area contributed by atoms with Crippen molar-refractivity contribution in [1.29, 1.82) is 0 Å². The van der Waals surface area contributed by atoms with Crippen molar-refractivity contribution in [2.24, 2.45) is 0 Å². The van der Waals surface area contributed by atoms with Crippen LogP contribution in [0.25, 0.3) is 0 Å². The molecule has 4 heavy (non-hydrogen) atoms. The summed E-state index contributed by atoms with van der Waals surface area (Å²) in [5, 5.41) is 0. The minimum atomic E-state index is 0.306. The first kappa shape index (κ1) is 5.19. The van der Waals surface area contributed by atoms with Gasteiger partial charge >= 0.3 is 46.4 Å². The summed E-state index contributed by atoms with van der Waals surface area (Å²) >= 11 is 11.8. The molecule has 0 atom stereocenters. The molecule has 0 N–H and O–H groups in total. The molecule has 0 aromatic carbocycles. The summed E-state index contributed by atoms with van der Waals surface area (Å²) in [5.74, 6) is 0. The monoisotopic (exact) mass is 279 g/mol. The van der Waals surface area contributed by atoms with Gasteiger partial charge in [0.15, 0.2) is 0 Å². The van der Waals surface area contributed by atoms with Crippen molar-refractivity contribution in [1.82, 2.24) is 0 Å². The minimum absolute atomic E-state index is 0.306. The average Bonchev–Trinajstić information content (AvgIpc) is 0.811. The molecule has 0 fully saturated rings. The molecular weight excluding hydrogens is 280 g/mol. The molecule has 0 nitrogen and oxygen atoms in total. The molecular formula is CAuCl2. The Balaban J connectivity index is 2.80. The molecule has 0 aliphatic carbocycles. The Morgan fingerprint density at radius 2 is 1.50 bits per heavy atom. The van der Waals surface area contributed by atoms with E-state index >= 15 is 0 Å². The van der Waals surface area contributed by atoms with Crippen LogP contribution in [-0.2, 0) is 20.6 Å². The summed E-state index contributed by atoms with van der Waals surface area (Å²) < 4.78 is 0.306. The van der Waals surface area contributed by atoms with Crippen LogP contribution in [0.2, 0.25) is 0 Å². The molecule has 0 unspecified atom stereocenters. The molecule has 0 aromatic rings. The molecule has 0 spiro atoms. The molecule has 0 aliphatic heterocycles.